The van der Waals surface area contributed by atoms with Crippen LogP contribution in [0.5, 0.6) is 0 Å². The molecule has 27 heavy (non-hydrogen) atoms. The van der Waals surface area contributed by atoms with Crippen LogP contribution in [0.3, 0.4) is 0 Å². The fraction of sp³-hybridized carbons (Fsp3) is 0.450. The van der Waals surface area contributed by atoms with Crippen molar-refractivity contribution in [2.45, 2.75) is 33.4 Å². The number of nitrogens with zero attached hydrogens (tertiary/aromatic N) is 5. The summed E-state index contributed by atoms with van der Waals surface area (Å²) in [5.41, 5.74) is 4.12. The number of anilines is 1. The molecule has 7 heteroatoms. The van der Waals surface area contributed by atoms with Gasteiger partial charge in [-0.15, -0.1) is 0 Å². The van der Waals surface area contributed by atoms with E-state index in [1.807, 2.05) is 39.0 Å². The zero-order chi connectivity index (χ0) is 19.0. The highest BCUT2D eigenvalue weighted by atomic mass is 16.1. The van der Waals surface area contributed by atoms with Crippen LogP contribution in [0.15, 0.2) is 35.4 Å². The van der Waals surface area contributed by atoms with Crippen molar-refractivity contribution in [3.63, 3.8) is 0 Å². The maximum Gasteiger partial charge on any atom is 0.261 e. The van der Waals surface area contributed by atoms with Crippen molar-refractivity contribution in [3.05, 3.63) is 52.3 Å². The van der Waals surface area contributed by atoms with Crippen molar-refractivity contribution >= 4 is 16.6 Å². The van der Waals surface area contributed by atoms with E-state index in [-0.39, 0.29) is 11.6 Å². The van der Waals surface area contributed by atoms with Gasteiger partial charge in [-0.25, -0.2) is 4.98 Å². The Morgan fingerprint density at radius 1 is 1.15 bits per heavy atom. The van der Waals surface area contributed by atoms with Crippen LogP contribution in [0.2, 0.25) is 0 Å². The third-order valence-electron chi connectivity index (χ3n) is 5.21. The monoisotopic (exact) mass is 366 g/mol. The van der Waals surface area contributed by atoms with E-state index < -0.39 is 0 Å². The van der Waals surface area contributed by atoms with Gasteiger partial charge in [-0.3, -0.25) is 19.4 Å². The predicted molar refractivity (Wildman–Crippen MR) is 107 cm³/mol. The fourth-order valence-corrected chi connectivity index (χ4v) is 3.64. The molecule has 142 valence electrons. The Bertz CT molecular complexity index is 997. The predicted octanol–water partition coefficient (Wildman–Crippen LogP) is 2.33. The molecule has 0 atom stereocenters. The molecule has 0 saturated carbocycles. The molecule has 1 saturated heterocycles. The summed E-state index contributed by atoms with van der Waals surface area (Å²) in [5, 5.41) is 8.02. The Kier molecular flexibility index (Phi) is 4.70. The van der Waals surface area contributed by atoms with Crippen molar-refractivity contribution in [2.24, 2.45) is 0 Å². The smallest absolute Gasteiger partial charge is 0.261 e. The van der Waals surface area contributed by atoms with Gasteiger partial charge in [0, 0.05) is 50.1 Å². The molecule has 3 aromatic rings. The van der Waals surface area contributed by atoms with Crippen LogP contribution >= 0.6 is 0 Å². The Labute approximate surface area is 158 Å². The van der Waals surface area contributed by atoms with E-state index in [1.54, 1.807) is 10.9 Å². The lowest BCUT2D eigenvalue weighted by molar-refractivity contribution is 0.247. The summed E-state index contributed by atoms with van der Waals surface area (Å²) in [6, 6.07) is 8.21. The summed E-state index contributed by atoms with van der Waals surface area (Å²) in [7, 11) is 0. The highest BCUT2D eigenvalue weighted by Gasteiger charge is 2.19. The number of nitrogens with one attached hydrogen (secondary N) is 1. The first-order chi connectivity index (χ1) is 13.0. The zero-order valence-electron chi connectivity index (χ0n) is 16.1. The number of rotatable bonds is 4. The normalized spacial score (nSPS) is 15.8. The number of hydrogen-bond donors (Lipinski definition) is 1. The van der Waals surface area contributed by atoms with Gasteiger partial charge >= 0.3 is 0 Å². The lowest BCUT2D eigenvalue weighted by atomic mass is 10.2. The fourth-order valence-electron chi connectivity index (χ4n) is 3.64. The molecule has 3 heterocycles. The van der Waals surface area contributed by atoms with Gasteiger partial charge < -0.3 is 4.90 Å². The maximum atomic E-state index is 12.6. The minimum atomic E-state index is 0.0284. The van der Waals surface area contributed by atoms with Gasteiger partial charge in [0.25, 0.3) is 5.56 Å². The quantitative estimate of drug-likeness (QED) is 0.767. The molecule has 0 bridgehead atoms. The molecule has 1 N–H and O–H groups in total. The first-order valence-electron chi connectivity index (χ1n) is 9.50. The number of aryl methyl sites for hydroxylation is 1. The number of piperazine rings is 1. The van der Waals surface area contributed by atoms with E-state index >= 15 is 0 Å². The second-order valence-corrected chi connectivity index (χ2v) is 7.56. The van der Waals surface area contributed by atoms with Crippen molar-refractivity contribution in [1.82, 2.24) is 24.6 Å². The Morgan fingerprint density at radius 3 is 2.59 bits per heavy atom. The topological polar surface area (TPSA) is 70.1 Å². The zero-order valence-corrected chi connectivity index (χ0v) is 16.1. The average Bonchev–Trinajstić information content (AvgIpc) is 3.07. The molecular weight excluding hydrogens is 340 g/mol. The summed E-state index contributed by atoms with van der Waals surface area (Å²) in [6.45, 7) is 10.8. The lowest BCUT2D eigenvalue weighted by Gasteiger charge is -2.35. The highest BCUT2D eigenvalue weighted by Crippen LogP contribution is 2.21. The minimum absolute atomic E-state index is 0.0284. The second-order valence-electron chi connectivity index (χ2n) is 7.56. The van der Waals surface area contributed by atoms with Crippen LogP contribution in [-0.2, 0) is 6.54 Å². The van der Waals surface area contributed by atoms with E-state index in [9.17, 15) is 4.79 Å². The van der Waals surface area contributed by atoms with Crippen LogP contribution in [0, 0.1) is 6.92 Å². The first kappa shape index (κ1) is 17.7. The molecule has 0 amide bonds. The summed E-state index contributed by atoms with van der Waals surface area (Å²) >= 11 is 0. The van der Waals surface area contributed by atoms with Gasteiger partial charge in [0.05, 0.1) is 22.9 Å². The molecule has 2 aromatic heterocycles. The first-order valence-corrected chi connectivity index (χ1v) is 9.50. The molecule has 1 aliphatic heterocycles. The maximum absolute atomic E-state index is 12.6. The Morgan fingerprint density at radius 2 is 1.93 bits per heavy atom. The van der Waals surface area contributed by atoms with Crippen molar-refractivity contribution in [1.29, 1.82) is 0 Å². The molecule has 1 aliphatic rings. The number of hydrogen-bond acceptors (Lipinski definition) is 5. The molecule has 7 nitrogen and oxygen atoms in total. The number of aromatic nitrogens is 4. The van der Waals surface area contributed by atoms with E-state index in [0.717, 1.165) is 55.3 Å². The van der Waals surface area contributed by atoms with E-state index in [0.29, 0.717) is 5.39 Å². The standard InChI is InChI=1S/C20H26N6O/c1-14(2)26-13-21-19-11-17(4-5-18(19)20(26)27)25-8-6-24(7-9-25)12-16-10-15(3)22-23-16/h4-5,10-11,13-14H,6-9,12H2,1-3H3,(H,22,23). The summed E-state index contributed by atoms with van der Waals surface area (Å²) in [5.74, 6) is 0. The second kappa shape index (κ2) is 7.15. The average molecular weight is 366 g/mol. The number of H-pyrrole nitrogens is 1. The van der Waals surface area contributed by atoms with Crippen LogP contribution < -0.4 is 10.5 Å². The molecular formula is C20H26N6O. The van der Waals surface area contributed by atoms with Crippen LogP contribution in [0.1, 0.15) is 31.3 Å². The SMILES string of the molecule is Cc1cc(CN2CCN(c3ccc4c(=O)n(C(C)C)cnc4c3)CC2)n[nH]1. The van der Waals surface area contributed by atoms with Crippen molar-refractivity contribution in [3.8, 4) is 0 Å². The molecule has 0 radical (unpaired) electrons. The number of aromatic amines is 1. The molecule has 4 rings (SSSR count). The van der Waals surface area contributed by atoms with E-state index in [1.165, 1.54) is 0 Å². The van der Waals surface area contributed by atoms with Crippen LogP contribution in [-0.4, -0.2) is 50.8 Å². The lowest BCUT2D eigenvalue weighted by Crippen LogP contribution is -2.46. The van der Waals surface area contributed by atoms with Gasteiger partial charge in [0.15, 0.2) is 0 Å². The van der Waals surface area contributed by atoms with Gasteiger partial charge in [0.1, 0.15) is 0 Å². The van der Waals surface area contributed by atoms with Gasteiger partial charge in [-0.2, -0.15) is 5.10 Å². The van der Waals surface area contributed by atoms with Gasteiger partial charge in [0.2, 0.25) is 0 Å². The Hall–Kier alpha value is -2.67. The molecule has 0 aliphatic carbocycles. The molecule has 0 unspecified atom stereocenters. The van der Waals surface area contributed by atoms with Crippen molar-refractivity contribution in [2.75, 3.05) is 31.1 Å². The van der Waals surface area contributed by atoms with Crippen LogP contribution in [0.4, 0.5) is 5.69 Å². The third-order valence-corrected chi connectivity index (χ3v) is 5.21. The van der Waals surface area contributed by atoms with Crippen molar-refractivity contribution < 1.29 is 0 Å². The highest BCUT2D eigenvalue weighted by molar-refractivity contribution is 5.81. The summed E-state index contributed by atoms with van der Waals surface area (Å²) in [6.07, 6.45) is 1.66. The van der Waals surface area contributed by atoms with E-state index in [4.69, 9.17) is 0 Å². The number of fused-ring (bicyclic) bond motifs is 1. The van der Waals surface area contributed by atoms with Gasteiger partial charge in [-0.1, -0.05) is 0 Å². The number of benzene rings is 1. The minimum Gasteiger partial charge on any atom is -0.369 e. The molecule has 0 spiro atoms. The summed E-state index contributed by atoms with van der Waals surface area (Å²) < 4.78 is 1.68. The summed E-state index contributed by atoms with van der Waals surface area (Å²) in [4.78, 5) is 21.9. The Balaban J connectivity index is 1.47. The third kappa shape index (κ3) is 3.60. The van der Waals surface area contributed by atoms with Crippen LogP contribution in [0.25, 0.3) is 10.9 Å². The largest absolute Gasteiger partial charge is 0.369 e. The molecule has 1 aromatic carbocycles. The molecule has 1 fully saturated rings. The van der Waals surface area contributed by atoms with E-state index in [2.05, 4.69) is 31.0 Å². The van der Waals surface area contributed by atoms with Gasteiger partial charge in [-0.05, 0) is 45.0 Å².